The molecule has 0 N–H and O–H groups in total. The van der Waals surface area contributed by atoms with Gasteiger partial charge in [-0.1, -0.05) is 103 Å². The van der Waals surface area contributed by atoms with Gasteiger partial charge in [0.25, 0.3) is 0 Å². The SMILES string of the molecule is c1cc(-n2c3ccccc3c3ccccc32)nc(-n2c3ccccc3c3c4sc5ccc(-n6c7ccccc7c7ccccc76)cc5c4ccc32)c1. The highest BCUT2D eigenvalue weighted by Crippen LogP contribution is 2.44. The van der Waals surface area contributed by atoms with E-state index in [2.05, 4.69) is 184 Å². The normalized spacial score (nSPS) is 12.2. The number of aromatic nitrogens is 4. The lowest BCUT2D eigenvalue weighted by Gasteiger charge is -2.11. The van der Waals surface area contributed by atoms with Crippen LogP contribution >= 0.6 is 11.3 Å². The molecule has 0 amide bonds. The molecule has 0 saturated carbocycles. The lowest BCUT2D eigenvalue weighted by molar-refractivity contribution is 1.01. The van der Waals surface area contributed by atoms with Gasteiger partial charge in [0.15, 0.2) is 0 Å². The second-order valence-electron chi connectivity index (χ2n) is 13.6. The van der Waals surface area contributed by atoms with E-state index in [0.717, 1.165) is 33.7 Å². The summed E-state index contributed by atoms with van der Waals surface area (Å²) in [4.78, 5) is 5.40. The van der Waals surface area contributed by atoms with E-state index in [1.165, 1.54) is 69.2 Å². The fourth-order valence-corrected chi connectivity index (χ4v) is 9.93. The standard InChI is InChI=1S/C47H28N4S/c1-6-17-37-30(12-1)31-13-2-7-18-38(31)49(37)29-24-27-43-36(28-29)34-25-26-42-46(47(34)52-43)35-16-5-10-21-41(35)51(42)45-23-11-22-44(48-45)50-39-19-8-3-14-32(39)33-15-4-9-20-40(33)50/h1-28H. The third-order valence-electron chi connectivity index (χ3n) is 10.9. The highest BCUT2D eigenvalue weighted by molar-refractivity contribution is 7.26. The molecule has 0 bridgehead atoms. The summed E-state index contributed by atoms with van der Waals surface area (Å²) >= 11 is 1.88. The molecule has 0 unspecified atom stereocenters. The Balaban J connectivity index is 1.09. The van der Waals surface area contributed by atoms with E-state index in [4.69, 9.17) is 4.98 Å². The van der Waals surface area contributed by atoms with Crippen molar-refractivity contribution in [2.75, 3.05) is 0 Å². The Morgan fingerprint density at radius 2 is 0.827 bits per heavy atom. The predicted molar refractivity (Wildman–Crippen MR) is 220 cm³/mol. The van der Waals surface area contributed by atoms with Crippen LogP contribution in [0.15, 0.2) is 170 Å². The Bertz CT molecular complexity index is 3320. The quantitative estimate of drug-likeness (QED) is 0.182. The molecule has 0 fully saturated rings. The molecule has 7 aromatic carbocycles. The Morgan fingerprint density at radius 3 is 1.40 bits per heavy atom. The van der Waals surface area contributed by atoms with Gasteiger partial charge in [0, 0.05) is 58.2 Å². The third-order valence-corrected chi connectivity index (χ3v) is 12.1. The van der Waals surface area contributed by atoms with Crippen LogP contribution in [0.1, 0.15) is 0 Å². The van der Waals surface area contributed by atoms with Crippen LogP contribution in [0.25, 0.3) is 103 Å². The lowest BCUT2D eigenvalue weighted by atomic mass is 10.1. The molecule has 12 rings (SSSR count). The maximum Gasteiger partial charge on any atom is 0.140 e. The molecule has 242 valence electrons. The minimum absolute atomic E-state index is 0.902. The summed E-state index contributed by atoms with van der Waals surface area (Å²) in [6.07, 6.45) is 0. The van der Waals surface area contributed by atoms with Crippen LogP contribution in [0.4, 0.5) is 0 Å². The Labute approximate surface area is 301 Å². The molecular weight excluding hydrogens is 653 g/mol. The first kappa shape index (κ1) is 28.1. The largest absolute Gasteiger partial charge is 0.309 e. The number of rotatable bonds is 3. The van der Waals surface area contributed by atoms with Gasteiger partial charge in [0.2, 0.25) is 0 Å². The lowest BCUT2D eigenvalue weighted by Crippen LogP contribution is -2.02. The fraction of sp³-hybridized carbons (Fsp3) is 0. The number of fused-ring (bicyclic) bond motifs is 13. The van der Waals surface area contributed by atoms with Crippen molar-refractivity contribution in [1.29, 1.82) is 0 Å². The van der Waals surface area contributed by atoms with Crippen molar-refractivity contribution in [2.45, 2.75) is 0 Å². The number of benzene rings is 7. The number of nitrogens with zero attached hydrogens (tertiary/aromatic N) is 4. The zero-order valence-electron chi connectivity index (χ0n) is 27.9. The first-order valence-electron chi connectivity index (χ1n) is 17.6. The van der Waals surface area contributed by atoms with Crippen molar-refractivity contribution >= 4 is 96.9 Å². The summed E-state index contributed by atoms with van der Waals surface area (Å²) in [5, 5.41) is 10.1. The summed E-state index contributed by atoms with van der Waals surface area (Å²) in [5.74, 6) is 1.81. The van der Waals surface area contributed by atoms with Gasteiger partial charge in [0.1, 0.15) is 11.6 Å². The molecule has 12 aromatic rings. The van der Waals surface area contributed by atoms with E-state index in [0.29, 0.717) is 0 Å². The minimum atomic E-state index is 0.902. The molecule has 5 heterocycles. The van der Waals surface area contributed by atoms with E-state index in [1.54, 1.807) is 0 Å². The van der Waals surface area contributed by atoms with Crippen LogP contribution in [-0.2, 0) is 0 Å². The van der Waals surface area contributed by atoms with Crippen LogP contribution < -0.4 is 0 Å². The van der Waals surface area contributed by atoms with Gasteiger partial charge in [0.05, 0.1) is 33.1 Å². The summed E-state index contributed by atoms with van der Waals surface area (Å²) in [7, 11) is 0. The topological polar surface area (TPSA) is 27.7 Å². The molecule has 52 heavy (non-hydrogen) atoms. The molecule has 4 nitrogen and oxygen atoms in total. The van der Waals surface area contributed by atoms with Crippen LogP contribution in [0.5, 0.6) is 0 Å². The number of hydrogen-bond donors (Lipinski definition) is 0. The van der Waals surface area contributed by atoms with Gasteiger partial charge >= 0.3 is 0 Å². The Kier molecular flexibility index (Phi) is 5.62. The molecule has 0 aliphatic heterocycles. The predicted octanol–water partition coefficient (Wildman–Crippen LogP) is 12.7. The van der Waals surface area contributed by atoms with Crippen LogP contribution in [-0.4, -0.2) is 18.7 Å². The van der Waals surface area contributed by atoms with Gasteiger partial charge in [-0.25, -0.2) is 4.98 Å². The van der Waals surface area contributed by atoms with Crippen molar-refractivity contribution in [3.8, 4) is 17.3 Å². The van der Waals surface area contributed by atoms with E-state index in [-0.39, 0.29) is 0 Å². The molecule has 0 saturated heterocycles. The highest BCUT2D eigenvalue weighted by Gasteiger charge is 2.20. The molecule has 0 radical (unpaired) electrons. The van der Waals surface area contributed by atoms with E-state index < -0.39 is 0 Å². The smallest absolute Gasteiger partial charge is 0.140 e. The monoisotopic (exact) mass is 680 g/mol. The average Bonchev–Trinajstić information content (AvgIpc) is 3.94. The summed E-state index contributed by atoms with van der Waals surface area (Å²) in [5.41, 5.74) is 8.26. The fourth-order valence-electron chi connectivity index (χ4n) is 8.69. The van der Waals surface area contributed by atoms with Crippen molar-refractivity contribution in [2.24, 2.45) is 0 Å². The Hall–Kier alpha value is -6.69. The van der Waals surface area contributed by atoms with E-state index in [9.17, 15) is 0 Å². The molecule has 0 aliphatic rings. The summed E-state index contributed by atoms with van der Waals surface area (Å²) in [6, 6.07) is 61.4. The van der Waals surface area contributed by atoms with Crippen molar-refractivity contribution < 1.29 is 0 Å². The van der Waals surface area contributed by atoms with Crippen molar-refractivity contribution in [3.05, 3.63) is 170 Å². The van der Waals surface area contributed by atoms with Crippen LogP contribution in [0.2, 0.25) is 0 Å². The maximum absolute atomic E-state index is 5.40. The van der Waals surface area contributed by atoms with Gasteiger partial charge in [-0.15, -0.1) is 11.3 Å². The first-order valence-corrected chi connectivity index (χ1v) is 18.5. The second kappa shape index (κ2) is 10.4. The number of pyridine rings is 1. The molecular formula is C47H28N4S. The number of para-hydroxylation sites is 5. The summed E-state index contributed by atoms with van der Waals surface area (Å²) in [6.45, 7) is 0. The van der Waals surface area contributed by atoms with Gasteiger partial charge in [-0.05, 0) is 66.7 Å². The highest BCUT2D eigenvalue weighted by atomic mass is 32.1. The van der Waals surface area contributed by atoms with Crippen LogP contribution in [0, 0.1) is 0 Å². The van der Waals surface area contributed by atoms with E-state index in [1.807, 2.05) is 11.3 Å². The molecule has 0 aliphatic carbocycles. The summed E-state index contributed by atoms with van der Waals surface area (Å²) < 4.78 is 9.64. The number of thiophene rings is 1. The van der Waals surface area contributed by atoms with Crippen molar-refractivity contribution in [1.82, 2.24) is 18.7 Å². The average molecular weight is 681 g/mol. The molecule has 5 aromatic heterocycles. The second-order valence-corrected chi connectivity index (χ2v) is 14.6. The maximum atomic E-state index is 5.40. The molecule has 0 atom stereocenters. The Morgan fingerprint density at radius 1 is 0.346 bits per heavy atom. The van der Waals surface area contributed by atoms with Gasteiger partial charge in [-0.2, -0.15) is 0 Å². The van der Waals surface area contributed by atoms with Gasteiger partial charge < -0.3 is 4.57 Å². The third kappa shape index (κ3) is 3.72. The van der Waals surface area contributed by atoms with Crippen molar-refractivity contribution in [3.63, 3.8) is 0 Å². The van der Waals surface area contributed by atoms with E-state index >= 15 is 0 Å². The molecule has 0 spiro atoms. The van der Waals surface area contributed by atoms with Crippen LogP contribution in [0.3, 0.4) is 0 Å². The van der Waals surface area contributed by atoms with Gasteiger partial charge in [-0.3, -0.25) is 9.13 Å². The minimum Gasteiger partial charge on any atom is -0.309 e. The first-order chi connectivity index (χ1) is 25.8. The molecule has 5 heteroatoms. The zero-order chi connectivity index (χ0) is 33.9. The zero-order valence-corrected chi connectivity index (χ0v) is 28.7. The number of hydrogen-bond acceptors (Lipinski definition) is 2.